The number of amides is 3. The van der Waals surface area contributed by atoms with Gasteiger partial charge in [0.15, 0.2) is 0 Å². The SMILES string of the molecule is CCC[C@H](NC(=O)[C@H](CC(C)C)NC)C(=O)N[C@@H](CCC)C(=O)N[C@H](C)P(=O)(O)O. The summed E-state index contributed by atoms with van der Waals surface area (Å²) in [6.07, 6.45) is 2.53. The van der Waals surface area contributed by atoms with Crippen LogP contribution in [0.3, 0.4) is 0 Å². The molecule has 0 saturated carbocycles. The van der Waals surface area contributed by atoms with Gasteiger partial charge in [0.1, 0.15) is 17.9 Å². The average molecular weight is 451 g/mol. The van der Waals surface area contributed by atoms with Crippen molar-refractivity contribution < 1.29 is 28.7 Å². The van der Waals surface area contributed by atoms with E-state index in [1.165, 1.54) is 6.92 Å². The van der Waals surface area contributed by atoms with Crippen LogP contribution in [0.4, 0.5) is 0 Å². The molecule has 0 spiro atoms. The Hall–Kier alpha value is -1.48. The summed E-state index contributed by atoms with van der Waals surface area (Å²) in [4.78, 5) is 56.2. The van der Waals surface area contributed by atoms with Gasteiger partial charge in [0.2, 0.25) is 17.7 Å². The second-order valence-electron chi connectivity index (χ2n) is 7.94. The van der Waals surface area contributed by atoms with Crippen molar-refractivity contribution in [3.63, 3.8) is 0 Å². The molecule has 4 atom stereocenters. The lowest BCUT2D eigenvalue weighted by Crippen LogP contribution is -2.56. The maximum absolute atomic E-state index is 12.8. The highest BCUT2D eigenvalue weighted by Crippen LogP contribution is 2.39. The molecule has 0 aliphatic carbocycles. The normalized spacial score (nSPS) is 15.8. The van der Waals surface area contributed by atoms with Gasteiger partial charge in [-0.25, -0.2) is 0 Å². The summed E-state index contributed by atoms with van der Waals surface area (Å²) in [5, 5.41) is 10.6. The molecular formula is C19H39N4O6P. The predicted octanol–water partition coefficient (Wildman–Crippen LogP) is 0.830. The van der Waals surface area contributed by atoms with Crippen LogP contribution in [0.15, 0.2) is 0 Å². The third-order valence-corrected chi connectivity index (χ3v) is 5.79. The first-order valence-electron chi connectivity index (χ1n) is 10.5. The van der Waals surface area contributed by atoms with Crippen molar-refractivity contribution in [1.29, 1.82) is 0 Å². The summed E-state index contributed by atoms with van der Waals surface area (Å²) in [5.41, 5.74) is 0. The molecular weight excluding hydrogens is 411 g/mol. The number of hydrogen-bond donors (Lipinski definition) is 6. The van der Waals surface area contributed by atoms with E-state index in [-0.39, 0.29) is 5.91 Å². The summed E-state index contributed by atoms with van der Waals surface area (Å²) in [5.74, 6) is -2.52. The summed E-state index contributed by atoms with van der Waals surface area (Å²) in [7, 11) is -2.80. The Labute approximate surface area is 179 Å². The summed E-state index contributed by atoms with van der Waals surface area (Å²) in [6.45, 7) is 8.92. The van der Waals surface area contributed by atoms with Crippen LogP contribution in [0, 0.1) is 5.92 Å². The van der Waals surface area contributed by atoms with Gasteiger partial charge >= 0.3 is 7.60 Å². The maximum Gasteiger partial charge on any atom is 0.347 e. The predicted molar refractivity (Wildman–Crippen MR) is 116 cm³/mol. The first-order valence-corrected chi connectivity index (χ1v) is 12.2. The quantitative estimate of drug-likeness (QED) is 0.214. The first kappa shape index (κ1) is 28.5. The molecule has 0 fully saturated rings. The zero-order valence-electron chi connectivity index (χ0n) is 18.9. The van der Waals surface area contributed by atoms with Gasteiger partial charge in [-0.3, -0.25) is 18.9 Å². The minimum Gasteiger partial charge on any atom is -0.343 e. The smallest absolute Gasteiger partial charge is 0.343 e. The van der Waals surface area contributed by atoms with Gasteiger partial charge in [0.05, 0.1) is 6.04 Å². The maximum atomic E-state index is 12.8. The van der Waals surface area contributed by atoms with Crippen LogP contribution in [0.2, 0.25) is 0 Å². The van der Waals surface area contributed by atoms with Gasteiger partial charge in [-0.05, 0) is 39.2 Å². The average Bonchev–Trinajstić information content (AvgIpc) is 2.63. The molecule has 30 heavy (non-hydrogen) atoms. The van der Waals surface area contributed by atoms with Crippen LogP contribution < -0.4 is 21.3 Å². The van der Waals surface area contributed by atoms with E-state index < -0.39 is 43.3 Å². The topological polar surface area (TPSA) is 157 Å². The van der Waals surface area contributed by atoms with Crippen molar-refractivity contribution in [3.05, 3.63) is 0 Å². The van der Waals surface area contributed by atoms with E-state index in [9.17, 15) is 28.7 Å². The Kier molecular flexibility index (Phi) is 13.1. The van der Waals surface area contributed by atoms with Crippen LogP contribution in [0.5, 0.6) is 0 Å². The lowest BCUT2D eigenvalue weighted by atomic mass is 10.0. The fraction of sp³-hybridized carbons (Fsp3) is 0.842. The molecule has 0 aromatic rings. The van der Waals surface area contributed by atoms with Crippen molar-refractivity contribution >= 4 is 25.3 Å². The molecule has 0 radical (unpaired) electrons. The third-order valence-electron chi connectivity index (χ3n) is 4.65. The summed E-state index contributed by atoms with van der Waals surface area (Å²) < 4.78 is 11.3. The zero-order chi connectivity index (χ0) is 23.5. The van der Waals surface area contributed by atoms with Crippen molar-refractivity contribution in [2.45, 2.75) is 90.6 Å². The Morgan fingerprint density at radius 3 is 1.53 bits per heavy atom. The van der Waals surface area contributed by atoms with E-state index >= 15 is 0 Å². The monoisotopic (exact) mass is 450 g/mol. The summed E-state index contributed by atoms with van der Waals surface area (Å²) in [6, 6.07) is -2.20. The molecule has 11 heteroatoms. The van der Waals surface area contributed by atoms with Crippen LogP contribution in [0.25, 0.3) is 0 Å². The van der Waals surface area contributed by atoms with Gasteiger partial charge in [-0.2, -0.15) is 0 Å². The van der Waals surface area contributed by atoms with Crippen molar-refractivity contribution in [2.24, 2.45) is 5.92 Å². The number of nitrogens with one attached hydrogen (secondary N) is 4. The molecule has 0 unspecified atom stereocenters. The number of likely N-dealkylation sites (N-methyl/N-ethyl adjacent to an activating group) is 1. The Morgan fingerprint density at radius 1 is 0.800 bits per heavy atom. The first-order chi connectivity index (χ1) is 13.9. The lowest BCUT2D eigenvalue weighted by Gasteiger charge is -2.26. The van der Waals surface area contributed by atoms with E-state index in [1.807, 2.05) is 27.7 Å². The van der Waals surface area contributed by atoms with E-state index in [0.29, 0.717) is 38.0 Å². The standard InChI is InChI=1S/C19H39N4O6P/c1-7-9-14(17(24)21-13(5)30(27,28)29)22-18(25)15(10-8-2)23-19(26)16(20-6)11-12(3)4/h12-16,20H,7-11H2,1-6H3,(H,21,24)(H,22,25)(H,23,26)(H2,27,28,29)/t13-,14-,15-,16-/m0/s1. The fourth-order valence-corrected chi connectivity index (χ4v) is 3.17. The highest BCUT2D eigenvalue weighted by atomic mass is 31.2. The van der Waals surface area contributed by atoms with Gasteiger partial charge in [0, 0.05) is 0 Å². The number of hydrogen-bond acceptors (Lipinski definition) is 5. The molecule has 3 amide bonds. The largest absolute Gasteiger partial charge is 0.347 e. The van der Waals surface area contributed by atoms with E-state index in [0.717, 1.165) is 0 Å². The highest BCUT2D eigenvalue weighted by Gasteiger charge is 2.31. The molecule has 0 aliphatic heterocycles. The Bertz CT molecular complexity index is 610. The van der Waals surface area contributed by atoms with Crippen molar-refractivity contribution in [2.75, 3.05) is 7.05 Å². The molecule has 0 aromatic heterocycles. The van der Waals surface area contributed by atoms with Crippen LogP contribution in [0.1, 0.15) is 66.7 Å². The van der Waals surface area contributed by atoms with Gasteiger partial charge in [-0.1, -0.05) is 40.5 Å². The lowest BCUT2D eigenvalue weighted by molar-refractivity contribution is -0.133. The minimum absolute atomic E-state index is 0.286. The second-order valence-corrected chi connectivity index (χ2v) is 9.90. The second kappa shape index (κ2) is 13.7. The molecule has 0 aliphatic rings. The molecule has 0 saturated heterocycles. The molecule has 176 valence electrons. The Balaban J connectivity index is 5.23. The fourth-order valence-electron chi connectivity index (χ4n) is 2.88. The third kappa shape index (κ3) is 10.5. The molecule has 0 bridgehead atoms. The van der Waals surface area contributed by atoms with Crippen molar-refractivity contribution in [3.8, 4) is 0 Å². The number of rotatable bonds is 14. The minimum atomic E-state index is -4.49. The van der Waals surface area contributed by atoms with Gasteiger partial charge in [0.25, 0.3) is 0 Å². The zero-order valence-corrected chi connectivity index (χ0v) is 19.8. The van der Waals surface area contributed by atoms with Crippen molar-refractivity contribution in [1.82, 2.24) is 21.3 Å². The van der Waals surface area contributed by atoms with Crippen LogP contribution >= 0.6 is 7.60 Å². The van der Waals surface area contributed by atoms with Crippen LogP contribution in [-0.2, 0) is 18.9 Å². The molecule has 0 rings (SSSR count). The highest BCUT2D eigenvalue weighted by molar-refractivity contribution is 7.52. The molecule has 0 aromatic carbocycles. The molecule has 6 N–H and O–H groups in total. The summed E-state index contributed by atoms with van der Waals surface area (Å²) >= 11 is 0. The number of carbonyl (C=O) groups is 3. The van der Waals surface area contributed by atoms with Crippen LogP contribution in [-0.4, -0.2) is 58.5 Å². The van der Waals surface area contributed by atoms with Gasteiger partial charge < -0.3 is 31.1 Å². The molecule has 10 nitrogen and oxygen atoms in total. The van der Waals surface area contributed by atoms with E-state index in [1.54, 1.807) is 7.05 Å². The van der Waals surface area contributed by atoms with E-state index in [2.05, 4.69) is 21.3 Å². The number of carbonyl (C=O) groups excluding carboxylic acids is 3. The molecule has 0 heterocycles. The Morgan fingerprint density at radius 2 is 1.20 bits per heavy atom. The van der Waals surface area contributed by atoms with Gasteiger partial charge in [-0.15, -0.1) is 0 Å². The van der Waals surface area contributed by atoms with E-state index in [4.69, 9.17) is 0 Å².